The van der Waals surface area contributed by atoms with Crippen LogP contribution in [0.25, 0.3) is 0 Å². The average Bonchev–Trinajstić information content (AvgIpc) is 2.86. The second kappa shape index (κ2) is 9.62. The third-order valence-electron chi connectivity index (χ3n) is 7.80. The molecular formula is C32H34O4. The van der Waals surface area contributed by atoms with Crippen molar-refractivity contribution in [1.82, 2.24) is 0 Å². The number of hydrogen-bond acceptors (Lipinski definition) is 4. The van der Waals surface area contributed by atoms with Crippen molar-refractivity contribution in [3.05, 3.63) is 118 Å². The number of benzene rings is 4. The molecule has 36 heavy (non-hydrogen) atoms. The summed E-state index contributed by atoms with van der Waals surface area (Å²) >= 11 is 0. The van der Waals surface area contributed by atoms with E-state index in [0.29, 0.717) is 0 Å². The summed E-state index contributed by atoms with van der Waals surface area (Å²) in [5, 5.41) is 40.2. The Hall–Kier alpha value is -3.92. The molecule has 0 spiro atoms. The summed E-state index contributed by atoms with van der Waals surface area (Å²) < 4.78 is 0. The topological polar surface area (TPSA) is 80.9 Å². The zero-order valence-electron chi connectivity index (χ0n) is 21.3. The Balaban J connectivity index is 1.83. The summed E-state index contributed by atoms with van der Waals surface area (Å²) in [4.78, 5) is 0. The van der Waals surface area contributed by atoms with Crippen LogP contribution in [0, 0.1) is 13.8 Å². The summed E-state index contributed by atoms with van der Waals surface area (Å²) in [6, 6.07) is 26.2. The Kier molecular flexibility index (Phi) is 6.73. The molecule has 0 aromatic heterocycles. The second-order valence-electron chi connectivity index (χ2n) is 10.3. The van der Waals surface area contributed by atoms with Gasteiger partial charge in [-0.15, -0.1) is 0 Å². The van der Waals surface area contributed by atoms with Crippen molar-refractivity contribution < 1.29 is 20.4 Å². The molecule has 4 nitrogen and oxygen atoms in total. The highest BCUT2D eigenvalue weighted by atomic mass is 16.3. The molecule has 0 radical (unpaired) electrons. The first-order chi connectivity index (χ1) is 17.0. The first-order valence-electron chi connectivity index (χ1n) is 12.2. The smallest absolute Gasteiger partial charge is 0.118 e. The van der Waals surface area contributed by atoms with Gasteiger partial charge in [0, 0.05) is 10.8 Å². The van der Waals surface area contributed by atoms with Crippen LogP contribution in [0.5, 0.6) is 23.0 Å². The fourth-order valence-electron chi connectivity index (χ4n) is 5.07. The molecule has 4 aromatic rings. The van der Waals surface area contributed by atoms with Crippen molar-refractivity contribution >= 4 is 0 Å². The minimum Gasteiger partial charge on any atom is -0.508 e. The zero-order valence-corrected chi connectivity index (χ0v) is 21.3. The third-order valence-corrected chi connectivity index (χ3v) is 7.80. The van der Waals surface area contributed by atoms with Crippen LogP contribution in [0.4, 0.5) is 0 Å². The Morgan fingerprint density at radius 1 is 0.472 bits per heavy atom. The molecule has 0 aliphatic carbocycles. The van der Waals surface area contributed by atoms with Crippen molar-refractivity contribution in [3.63, 3.8) is 0 Å². The SMILES string of the molecule is Cc1cc(C(C)(CCC(C)(c2ccc(O)cc2)c2ccc(O)cc2)c2ccc(O)c(C)c2)ccc1O. The van der Waals surface area contributed by atoms with Gasteiger partial charge in [0.05, 0.1) is 0 Å². The largest absolute Gasteiger partial charge is 0.508 e. The summed E-state index contributed by atoms with van der Waals surface area (Å²) in [5.74, 6) is 0.966. The van der Waals surface area contributed by atoms with Crippen LogP contribution < -0.4 is 0 Å². The summed E-state index contributed by atoms with van der Waals surface area (Å²) in [7, 11) is 0. The maximum atomic E-state index is 10.2. The molecule has 4 rings (SSSR count). The Morgan fingerprint density at radius 2 is 0.778 bits per heavy atom. The summed E-state index contributed by atoms with van der Waals surface area (Å²) in [5.41, 5.74) is 5.12. The van der Waals surface area contributed by atoms with E-state index < -0.39 is 10.8 Å². The molecule has 0 atom stereocenters. The molecule has 0 amide bonds. The minimum atomic E-state index is -0.411. The van der Waals surface area contributed by atoms with Gasteiger partial charge in [-0.25, -0.2) is 0 Å². The molecular weight excluding hydrogens is 448 g/mol. The number of rotatable bonds is 7. The van der Waals surface area contributed by atoms with Gasteiger partial charge in [0.25, 0.3) is 0 Å². The van der Waals surface area contributed by atoms with Crippen LogP contribution in [-0.2, 0) is 10.8 Å². The van der Waals surface area contributed by atoms with E-state index in [1.54, 1.807) is 36.4 Å². The minimum absolute atomic E-state index is 0.218. The first kappa shape index (κ1) is 25.2. The van der Waals surface area contributed by atoms with E-state index in [0.717, 1.165) is 46.2 Å². The number of aromatic hydroxyl groups is 4. The molecule has 0 bridgehead atoms. The quantitative estimate of drug-likeness (QED) is 0.224. The van der Waals surface area contributed by atoms with Crippen LogP contribution in [0.1, 0.15) is 60.1 Å². The van der Waals surface area contributed by atoms with Gasteiger partial charge in [-0.1, -0.05) is 62.4 Å². The molecule has 186 valence electrons. The third kappa shape index (κ3) is 4.76. The fraction of sp³-hybridized carbons (Fsp3) is 0.250. The van der Waals surface area contributed by atoms with Crippen molar-refractivity contribution in [1.29, 1.82) is 0 Å². The van der Waals surface area contributed by atoms with E-state index in [9.17, 15) is 20.4 Å². The number of phenols is 4. The van der Waals surface area contributed by atoms with E-state index in [1.165, 1.54) is 0 Å². The van der Waals surface area contributed by atoms with Gasteiger partial charge in [-0.3, -0.25) is 0 Å². The van der Waals surface area contributed by atoms with Gasteiger partial charge < -0.3 is 20.4 Å². The molecule has 4 N–H and O–H groups in total. The fourth-order valence-corrected chi connectivity index (χ4v) is 5.07. The van der Waals surface area contributed by atoms with E-state index in [-0.39, 0.29) is 23.0 Å². The predicted molar refractivity (Wildman–Crippen MR) is 144 cm³/mol. The maximum absolute atomic E-state index is 10.2. The lowest BCUT2D eigenvalue weighted by Crippen LogP contribution is -2.30. The lowest BCUT2D eigenvalue weighted by molar-refractivity contribution is 0.409. The second-order valence-corrected chi connectivity index (χ2v) is 10.3. The number of aryl methyl sites for hydroxylation is 2. The highest BCUT2D eigenvalue weighted by Crippen LogP contribution is 2.45. The van der Waals surface area contributed by atoms with Crippen molar-refractivity contribution in [2.24, 2.45) is 0 Å². The van der Waals surface area contributed by atoms with E-state index >= 15 is 0 Å². The Bertz CT molecular complexity index is 1260. The van der Waals surface area contributed by atoms with Gasteiger partial charge in [0.2, 0.25) is 0 Å². The molecule has 0 aliphatic rings. The van der Waals surface area contributed by atoms with Gasteiger partial charge in [-0.2, -0.15) is 0 Å². The van der Waals surface area contributed by atoms with Gasteiger partial charge in [0.1, 0.15) is 23.0 Å². The van der Waals surface area contributed by atoms with Crippen LogP contribution in [-0.4, -0.2) is 20.4 Å². The number of phenolic OH excluding ortho intramolecular Hbond substituents is 4. The van der Waals surface area contributed by atoms with E-state index in [4.69, 9.17) is 0 Å². The van der Waals surface area contributed by atoms with E-state index in [1.807, 2.05) is 62.4 Å². The molecule has 0 fully saturated rings. The van der Waals surface area contributed by atoms with E-state index in [2.05, 4.69) is 13.8 Å². The van der Waals surface area contributed by atoms with Crippen LogP contribution in [0.3, 0.4) is 0 Å². The number of hydrogen-bond donors (Lipinski definition) is 4. The molecule has 0 saturated heterocycles. The zero-order chi connectivity index (χ0) is 26.1. The standard InChI is InChI=1S/C32H34O4/c1-21-19-25(9-15-29(21)35)32(4,26-10-16-30(36)22(2)20-26)18-17-31(3,23-5-11-27(33)12-6-23)24-7-13-28(34)14-8-24/h5-16,19-20,33-36H,17-18H2,1-4H3. The van der Waals surface area contributed by atoms with Gasteiger partial charge in [0.15, 0.2) is 0 Å². The molecule has 4 heteroatoms. The lowest BCUT2D eigenvalue weighted by Gasteiger charge is -2.38. The normalized spacial score (nSPS) is 12.0. The van der Waals surface area contributed by atoms with Crippen LogP contribution in [0.2, 0.25) is 0 Å². The van der Waals surface area contributed by atoms with Crippen molar-refractivity contribution in [2.75, 3.05) is 0 Å². The molecule has 0 aliphatic heterocycles. The molecule has 0 unspecified atom stereocenters. The highest BCUT2D eigenvalue weighted by Gasteiger charge is 2.36. The summed E-state index contributed by atoms with van der Waals surface area (Å²) in [6.45, 7) is 8.20. The summed E-state index contributed by atoms with van der Waals surface area (Å²) in [6.07, 6.45) is 1.53. The van der Waals surface area contributed by atoms with Crippen molar-refractivity contribution in [3.8, 4) is 23.0 Å². The molecule has 0 heterocycles. The maximum Gasteiger partial charge on any atom is 0.118 e. The predicted octanol–water partition coefficient (Wildman–Crippen LogP) is 7.22. The lowest BCUT2D eigenvalue weighted by atomic mass is 9.66. The monoisotopic (exact) mass is 482 g/mol. The Labute approximate surface area is 213 Å². The molecule has 4 aromatic carbocycles. The van der Waals surface area contributed by atoms with Crippen LogP contribution >= 0.6 is 0 Å². The van der Waals surface area contributed by atoms with Crippen LogP contribution in [0.15, 0.2) is 84.9 Å². The van der Waals surface area contributed by atoms with Crippen molar-refractivity contribution in [2.45, 2.75) is 51.4 Å². The molecule has 0 saturated carbocycles. The first-order valence-corrected chi connectivity index (χ1v) is 12.2. The van der Waals surface area contributed by atoms with Gasteiger partial charge >= 0.3 is 0 Å². The Morgan fingerprint density at radius 3 is 1.11 bits per heavy atom. The van der Waals surface area contributed by atoms with Gasteiger partial charge in [-0.05, 0) is 96.5 Å². The average molecular weight is 483 g/mol. The highest BCUT2D eigenvalue weighted by molar-refractivity contribution is 5.48.